The highest BCUT2D eigenvalue weighted by Crippen LogP contribution is 2.32. The van der Waals surface area contributed by atoms with Gasteiger partial charge < -0.3 is 9.15 Å². The summed E-state index contributed by atoms with van der Waals surface area (Å²) >= 11 is 5.95. The minimum absolute atomic E-state index is 0.0589. The molecule has 0 amide bonds. The van der Waals surface area contributed by atoms with E-state index in [1.54, 1.807) is 37.6 Å². The molecule has 4 rings (SSSR count). The summed E-state index contributed by atoms with van der Waals surface area (Å²) in [6.07, 6.45) is 4.46. The highest BCUT2D eigenvalue weighted by molar-refractivity contribution is 6.30. The fraction of sp³-hybridized carbons (Fsp3) is 0.185. The molecule has 0 aliphatic carbocycles. The molecule has 0 bridgehead atoms. The van der Waals surface area contributed by atoms with Gasteiger partial charge in [-0.05, 0) is 66.6 Å². The van der Waals surface area contributed by atoms with Gasteiger partial charge in [-0.25, -0.2) is 0 Å². The van der Waals surface area contributed by atoms with Crippen LogP contribution in [0.4, 0.5) is 5.69 Å². The van der Waals surface area contributed by atoms with Crippen molar-refractivity contribution < 1.29 is 13.9 Å². The summed E-state index contributed by atoms with van der Waals surface area (Å²) in [6, 6.07) is 20.3. The molecule has 4 aromatic rings. The van der Waals surface area contributed by atoms with Gasteiger partial charge >= 0.3 is 0 Å². The third-order valence-corrected chi connectivity index (χ3v) is 5.57. The highest BCUT2D eigenvalue weighted by atomic mass is 35.5. The molecule has 0 radical (unpaired) electrons. The number of aliphatic imine (C=N–C) groups is 1. The number of aryl methyl sites for hydroxylation is 1. The average Bonchev–Trinajstić information content (AvgIpc) is 3.19. The Morgan fingerprint density at radius 2 is 1.81 bits per heavy atom. The van der Waals surface area contributed by atoms with Crippen molar-refractivity contribution in [1.82, 2.24) is 0 Å². The fourth-order valence-corrected chi connectivity index (χ4v) is 3.69. The molecule has 0 atom stereocenters. The SMILES string of the molecule is CCCCc1oc2ccc(N=Cc3ccc(Cl)cc3)cc2c1C(=O)c1ccc(OC)cc1. The summed E-state index contributed by atoms with van der Waals surface area (Å²) in [7, 11) is 1.61. The van der Waals surface area contributed by atoms with Crippen molar-refractivity contribution in [3.8, 4) is 5.75 Å². The number of rotatable bonds is 8. The van der Waals surface area contributed by atoms with Crippen LogP contribution in [0.1, 0.15) is 47.0 Å². The van der Waals surface area contributed by atoms with Crippen LogP contribution in [0, 0.1) is 0 Å². The summed E-state index contributed by atoms with van der Waals surface area (Å²) in [5, 5.41) is 1.46. The maximum absolute atomic E-state index is 13.5. The summed E-state index contributed by atoms with van der Waals surface area (Å²) in [5.41, 5.74) is 3.60. The molecule has 1 heterocycles. The Bertz CT molecular complexity index is 1250. The molecule has 32 heavy (non-hydrogen) atoms. The normalized spacial score (nSPS) is 11.3. The van der Waals surface area contributed by atoms with Crippen molar-refractivity contribution in [2.75, 3.05) is 7.11 Å². The molecule has 0 fully saturated rings. The van der Waals surface area contributed by atoms with Crippen molar-refractivity contribution in [1.29, 1.82) is 0 Å². The van der Waals surface area contributed by atoms with Gasteiger partial charge in [0.05, 0.1) is 18.4 Å². The lowest BCUT2D eigenvalue weighted by Crippen LogP contribution is -2.04. The molecular weight excluding hydrogens is 422 g/mol. The Balaban J connectivity index is 1.74. The quantitative estimate of drug-likeness (QED) is 0.209. The number of furan rings is 1. The number of halogens is 1. The number of ether oxygens (including phenoxy) is 1. The van der Waals surface area contributed by atoms with Crippen molar-refractivity contribution in [3.05, 3.63) is 94.2 Å². The molecule has 0 unspecified atom stereocenters. The number of methoxy groups -OCH3 is 1. The topological polar surface area (TPSA) is 51.8 Å². The minimum atomic E-state index is -0.0589. The Morgan fingerprint density at radius 3 is 2.50 bits per heavy atom. The molecule has 0 saturated heterocycles. The molecule has 4 nitrogen and oxygen atoms in total. The van der Waals surface area contributed by atoms with E-state index in [0.29, 0.717) is 33.9 Å². The highest BCUT2D eigenvalue weighted by Gasteiger charge is 2.22. The van der Waals surface area contributed by atoms with Gasteiger partial charge in [0.2, 0.25) is 0 Å². The lowest BCUT2D eigenvalue weighted by molar-refractivity contribution is 0.103. The van der Waals surface area contributed by atoms with Crippen molar-refractivity contribution in [3.63, 3.8) is 0 Å². The van der Waals surface area contributed by atoms with Crippen LogP contribution in [-0.4, -0.2) is 19.1 Å². The first kappa shape index (κ1) is 21.8. The molecule has 0 N–H and O–H groups in total. The van der Waals surface area contributed by atoms with E-state index in [2.05, 4.69) is 11.9 Å². The Kier molecular flexibility index (Phi) is 6.72. The van der Waals surface area contributed by atoms with Crippen LogP contribution >= 0.6 is 11.6 Å². The van der Waals surface area contributed by atoms with E-state index in [1.165, 1.54) is 0 Å². The molecule has 0 saturated carbocycles. The lowest BCUT2D eigenvalue weighted by atomic mass is 9.98. The van der Waals surface area contributed by atoms with Crippen LogP contribution in [0.2, 0.25) is 5.02 Å². The summed E-state index contributed by atoms with van der Waals surface area (Å²) < 4.78 is 11.3. The Morgan fingerprint density at radius 1 is 1.06 bits per heavy atom. The van der Waals surface area contributed by atoms with Gasteiger partial charge in [-0.15, -0.1) is 0 Å². The molecule has 1 aromatic heterocycles. The van der Waals surface area contributed by atoms with Crippen LogP contribution in [0.3, 0.4) is 0 Å². The zero-order chi connectivity index (χ0) is 22.5. The third-order valence-electron chi connectivity index (χ3n) is 5.31. The molecule has 0 aliphatic heterocycles. The van der Waals surface area contributed by atoms with Crippen molar-refractivity contribution in [2.45, 2.75) is 26.2 Å². The van der Waals surface area contributed by atoms with Gasteiger partial charge in [0, 0.05) is 28.6 Å². The first-order valence-corrected chi connectivity index (χ1v) is 11.0. The molecule has 3 aromatic carbocycles. The largest absolute Gasteiger partial charge is 0.497 e. The third kappa shape index (κ3) is 4.76. The number of hydrogen-bond donors (Lipinski definition) is 0. The smallest absolute Gasteiger partial charge is 0.197 e. The number of unbranched alkanes of at least 4 members (excludes halogenated alkanes) is 1. The summed E-state index contributed by atoms with van der Waals surface area (Å²) in [4.78, 5) is 18.1. The second-order valence-corrected chi connectivity index (χ2v) is 7.99. The molecule has 5 heteroatoms. The number of benzene rings is 3. The van der Waals surface area contributed by atoms with Gasteiger partial charge in [0.25, 0.3) is 0 Å². The number of carbonyl (C=O) groups excluding carboxylic acids is 1. The zero-order valence-electron chi connectivity index (χ0n) is 18.1. The standard InChI is InChI=1S/C27H24ClNO3/c1-3-4-5-25-26(27(30)19-8-13-22(31-2)14-9-19)23-16-21(12-15-24(23)32-25)29-17-18-6-10-20(28)11-7-18/h6-17H,3-5H2,1-2H3. The summed E-state index contributed by atoms with van der Waals surface area (Å²) in [6.45, 7) is 2.12. The maximum Gasteiger partial charge on any atom is 0.197 e. The van der Waals surface area contributed by atoms with E-state index in [-0.39, 0.29) is 5.78 Å². The first-order valence-electron chi connectivity index (χ1n) is 10.6. The van der Waals surface area contributed by atoms with Crippen molar-refractivity contribution in [2.24, 2.45) is 4.99 Å². The van der Waals surface area contributed by atoms with Gasteiger partial charge in [-0.2, -0.15) is 0 Å². The number of hydrogen-bond acceptors (Lipinski definition) is 4. The van der Waals surface area contributed by atoms with Crippen LogP contribution < -0.4 is 4.74 Å². The molecule has 0 spiro atoms. The lowest BCUT2D eigenvalue weighted by Gasteiger charge is -2.05. The predicted octanol–water partition coefficient (Wildman–Crippen LogP) is 7.42. The van der Waals surface area contributed by atoms with E-state index in [4.69, 9.17) is 20.8 Å². The van der Waals surface area contributed by atoms with Crippen LogP contribution in [0.25, 0.3) is 11.0 Å². The fourth-order valence-electron chi connectivity index (χ4n) is 3.56. The number of fused-ring (bicyclic) bond motifs is 1. The van der Waals surface area contributed by atoms with E-state index in [9.17, 15) is 4.79 Å². The second kappa shape index (κ2) is 9.84. The van der Waals surface area contributed by atoms with Gasteiger partial charge in [-0.3, -0.25) is 9.79 Å². The first-order chi connectivity index (χ1) is 15.6. The van der Waals surface area contributed by atoms with E-state index >= 15 is 0 Å². The van der Waals surface area contributed by atoms with E-state index in [0.717, 1.165) is 35.2 Å². The van der Waals surface area contributed by atoms with Crippen LogP contribution in [-0.2, 0) is 6.42 Å². The number of ketones is 1. The maximum atomic E-state index is 13.5. The molecule has 0 aliphatic rings. The minimum Gasteiger partial charge on any atom is -0.497 e. The van der Waals surface area contributed by atoms with E-state index < -0.39 is 0 Å². The van der Waals surface area contributed by atoms with E-state index in [1.807, 2.05) is 42.5 Å². The summed E-state index contributed by atoms with van der Waals surface area (Å²) in [5.74, 6) is 1.38. The van der Waals surface area contributed by atoms with Gasteiger partial charge in [-0.1, -0.05) is 37.1 Å². The number of nitrogens with zero attached hydrogens (tertiary/aromatic N) is 1. The van der Waals surface area contributed by atoms with Crippen LogP contribution in [0.5, 0.6) is 5.75 Å². The zero-order valence-corrected chi connectivity index (χ0v) is 18.9. The molecule has 162 valence electrons. The van der Waals surface area contributed by atoms with Crippen molar-refractivity contribution >= 4 is 40.3 Å². The average molecular weight is 446 g/mol. The second-order valence-electron chi connectivity index (χ2n) is 7.55. The van der Waals surface area contributed by atoms with Gasteiger partial charge in [0.1, 0.15) is 17.1 Å². The predicted molar refractivity (Wildman–Crippen MR) is 130 cm³/mol. The Labute approximate surface area is 192 Å². The Hall–Kier alpha value is -3.37. The van der Waals surface area contributed by atoms with Crippen LogP contribution in [0.15, 0.2) is 76.1 Å². The van der Waals surface area contributed by atoms with Gasteiger partial charge in [0.15, 0.2) is 5.78 Å². The molecular formula is C27H24ClNO3. The monoisotopic (exact) mass is 445 g/mol. The number of carbonyl (C=O) groups is 1.